The van der Waals surface area contributed by atoms with Crippen LogP contribution in [0.15, 0.2) is 18.3 Å². The Balaban J connectivity index is 1.98. The summed E-state index contributed by atoms with van der Waals surface area (Å²) in [5, 5.41) is 0. The van der Waals surface area contributed by atoms with Gasteiger partial charge in [-0.3, -0.25) is 0 Å². The van der Waals surface area contributed by atoms with Crippen LogP contribution in [0.4, 0.5) is 0 Å². The standard InChI is InChI=1S/C12H15N3S/c1-9-14-11-3-2-5-13-12(11)15(9)7-10-4-6-16-8-10/h2-3,5,10H,4,6-8H2,1H3. The van der Waals surface area contributed by atoms with Crippen LogP contribution in [0, 0.1) is 12.8 Å². The van der Waals surface area contributed by atoms with Gasteiger partial charge in [-0.2, -0.15) is 11.8 Å². The number of hydrogen-bond donors (Lipinski definition) is 0. The Morgan fingerprint density at radius 2 is 2.50 bits per heavy atom. The first-order valence-electron chi connectivity index (χ1n) is 5.70. The smallest absolute Gasteiger partial charge is 0.159 e. The second kappa shape index (κ2) is 4.09. The maximum Gasteiger partial charge on any atom is 0.159 e. The van der Waals surface area contributed by atoms with E-state index in [1.807, 2.05) is 18.3 Å². The second-order valence-corrected chi connectivity index (χ2v) is 5.50. The third kappa shape index (κ3) is 1.71. The number of pyridine rings is 1. The molecular weight excluding hydrogens is 218 g/mol. The number of aryl methyl sites for hydroxylation is 1. The molecule has 84 valence electrons. The van der Waals surface area contributed by atoms with Gasteiger partial charge in [-0.05, 0) is 42.9 Å². The summed E-state index contributed by atoms with van der Waals surface area (Å²) in [6, 6.07) is 3.99. The Kier molecular flexibility index (Phi) is 2.59. The molecule has 1 fully saturated rings. The quantitative estimate of drug-likeness (QED) is 0.798. The van der Waals surface area contributed by atoms with Crippen LogP contribution >= 0.6 is 11.8 Å². The van der Waals surface area contributed by atoms with E-state index in [9.17, 15) is 0 Å². The van der Waals surface area contributed by atoms with Crippen molar-refractivity contribution in [1.82, 2.24) is 14.5 Å². The van der Waals surface area contributed by atoms with E-state index in [-0.39, 0.29) is 0 Å². The Morgan fingerprint density at radius 1 is 1.56 bits per heavy atom. The minimum atomic E-state index is 0.795. The van der Waals surface area contributed by atoms with Crippen LogP contribution in [0.5, 0.6) is 0 Å². The highest BCUT2D eigenvalue weighted by Crippen LogP contribution is 2.26. The van der Waals surface area contributed by atoms with E-state index in [2.05, 4.69) is 33.2 Å². The van der Waals surface area contributed by atoms with E-state index in [0.29, 0.717) is 0 Å². The third-order valence-corrected chi connectivity index (χ3v) is 4.39. The fourth-order valence-corrected chi connectivity index (χ4v) is 3.55. The predicted molar refractivity (Wildman–Crippen MR) is 67.7 cm³/mol. The van der Waals surface area contributed by atoms with E-state index >= 15 is 0 Å². The molecule has 1 aliphatic rings. The van der Waals surface area contributed by atoms with Crippen LogP contribution in [0.25, 0.3) is 11.2 Å². The Labute approximate surface area is 99.3 Å². The summed E-state index contributed by atoms with van der Waals surface area (Å²) in [4.78, 5) is 8.99. The topological polar surface area (TPSA) is 30.7 Å². The van der Waals surface area contributed by atoms with Gasteiger partial charge in [0.15, 0.2) is 5.65 Å². The number of nitrogens with zero attached hydrogens (tertiary/aromatic N) is 3. The molecule has 3 rings (SSSR count). The molecule has 3 heterocycles. The first kappa shape index (κ1) is 10.1. The van der Waals surface area contributed by atoms with Crippen LogP contribution in [0.3, 0.4) is 0 Å². The molecule has 0 spiro atoms. The maximum atomic E-state index is 4.55. The summed E-state index contributed by atoms with van der Waals surface area (Å²) in [5.74, 6) is 4.48. The lowest BCUT2D eigenvalue weighted by molar-refractivity contribution is 0.492. The zero-order chi connectivity index (χ0) is 11.0. The van der Waals surface area contributed by atoms with Crippen molar-refractivity contribution in [3.8, 4) is 0 Å². The number of hydrogen-bond acceptors (Lipinski definition) is 3. The van der Waals surface area contributed by atoms with Gasteiger partial charge in [-0.25, -0.2) is 9.97 Å². The van der Waals surface area contributed by atoms with Crippen LogP contribution in [0.1, 0.15) is 12.2 Å². The van der Waals surface area contributed by atoms with Crippen LogP contribution in [-0.2, 0) is 6.54 Å². The summed E-state index contributed by atoms with van der Waals surface area (Å²) < 4.78 is 2.27. The molecule has 0 bridgehead atoms. The lowest BCUT2D eigenvalue weighted by Gasteiger charge is -2.11. The number of rotatable bonds is 2. The Morgan fingerprint density at radius 3 is 3.31 bits per heavy atom. The van der Waals surface area contributed by atoms with Gasteiger partial charge in [-0.15, -0.1) is 0 Å². The van der Waals surface area contributed by atoms with Gasteiger partial charge in [0.25, 0.3) is 0 Å². The highest BCUT2D eigenvalue weighted by Gasteiger charge is 2.18. The molecule has 1 aliphatic heterocycles. The molecule has 1 atom stereocenters. The molecule has 0 aliphatic carbocycles. The molecule has 0 aromatic carbocycles. The van der Waals surface area contributed by atoms with Crippen LogP contribution in [0.2, 0.25) is 0 Å². The summed E-state index contributed by atoms with van der Waals surface area (Å²) in [5.41, 5.74) is 2.06. The van der Waals surface area contributed by atoms with E-state index in [1.54, 1.807) is 0 Å². The van der Waals surface area contributed by atoms with Crippen molar-refractivity contribution in [1.29, 1.82) is 0 Å². The normalized spacial score (nSPS) is 20.7. The van der Waals surface area contributed by atoms with Crippen molar-refractivity contribution < 1.29 is 0 Å². The second-order valence-electron chi connectivity index (χ2n) is 4.35. The molecule has 1 unspecified atom stereocenters. The molecule has 0 amide bonds. The van der Waals surface area contributed by atoms with Crippen molar-refractivity contribution >= 4 is 22.9 Å². The van der Waals surface area contributed by atoms with Crippen molar-refractivity contribution in [2.75, 3.05) is 11.5 Å². The van der Waals surface area contributed by atoms with Gasteiger partial charge < -0.3 is 4.57 Å². The molecule has 0 radical (unpaired) electrons. The molecule has 4 heteroatoms. The van der Waals surface area contributed by atoms with E-state index in [1.165, 1.54) is 17.9 Å². The molecule has 0 saturated carbocycles. The third-order valence-electron chi connectivity index (χ3n) is 3.16. The highest BCUT2D eigenvalue weighted by atomic mass is 32.2. The molecular formula is C12H15N3S. The number of aromatic nitrogens is 3. The van der Waals surface area contributed by atoms with Gasteiger partial charge in [0.05, 0.1) is 0 Å². The number of thioether (sulfide) groups is 1. The van der Waals surface area contributed by atoms with Crippen molar-refractivity contribution in [2.45, 2.75) is 19.9 Å². The summed E-state index contributed by atoms with van der Waals surface area (Å²) in [6.45, 7) is 3.15. The maximum absolute atomic E-state index is 4.55. The SMILES string of the molecule is Cc1nc2cccnc2n1CC1CCSC1. The monoisotopic (exact) mass is 233 g/mol. The molecule has 16 heavy (non-hydrogen) atoms. The van der Waals surface area contributed by atoms with E-state index in [4.69, 9.17) is 0 Å². The Hall–Kier alpha value is -1.03. The van der Waals surface area contributed by atoms with Crippen molar-refractivity contribution in [3.05, 3.63) is 24.2 Å². The van der Waals surface area contributed by atoms with Gasteiger partial charge in [0.1, 0.15) is 11.3 Å². The number of imidazole rings is 1. The van der Waals surface area contributed by atoms with Crippen molar-refractivity contribution in [3.63, 3.8) is 0 Å². The fourth-order valence-electron chi connectivity index (χ4n) is 2.28. The van der Waals surface area contributed by atoms with E-state index < -0.39 is 0 Å². The van der Waals surface area contributed by atoms with Gasteiger partial charge in [0, 0.05) is 12.7 Å². The Bertz CT molecular complexity index is 500. The van der Waals surface area contributed by atoms with Gasteiger partial charge in [-0.1, -0.05) is 0 Å². The average Bonchev–Trinajstić information content (AvgIpc) is 2.89. The summed E-state index contributed by atoms with van der Waals surface area (Å²) >= 11 is 2.06. The average molecular weight is 233 g/mol. The lowest BCUT2D eigenvalue weighted by atomic mass is 10.1. The highest BCUT2D eigenvalue weighted by molar-refractivity contribution is 7.99. The molecule has 1 saturated heterocycles. The summed E-state index contributed by atoms with van der Waals surface area (Å²) in [7, 11) is 0. The first-order chi connectivity index (χ1) is 7.84. The predicted octanol–water partition coefficient (Wildman–Crippen LogP) is 2.49. The van der Waals surface area contributed by atoms with Gasteiger partial charge >= 0.3 is 0 Å². The molecule has 3 nitrogen and oxygen atoms in total. The zero-order valence-electron chi connectivity index (χ0n) is 9.39. The largest absolute Gasteiger partial charge is 0.313 e. The van der Waals surface area contributed by atoms with E-state index in [0.717, 1.165) is 29.5 Å². The first-order valence-corrected chi connectivity index (χ1v) is 6.85. The van der Waals surface area contributed by atoms with Crippen LogP contribution in [-0.4, -0.2) is 26.0 Å². The van der Waals surface area contributed by atoms with Gasteiger partial charge in [0.2, 0.25) is 0 Å². The molecule has 2 aromatic rings. The van der Waals surface area contributed by atoms with Crippen molar-refractivity contribution in [2.24, 2.45) is 5.92 Å². The minimum Gasteiger partial charge on any atom is -0.313 e. The lowest BCUT2D eigenvalue weighted by Crippen LogP contribution is -2.11. The van der Waals surface area contributed by atoms with Crippen LogP contribution < -0.4 is 0 Å². The number of fused-ring (bicyclic) bond motifs is 1. The fraction of sp³-hybridized carbons (Fsp3) is 0.500. The zero-order valence-corrected chi connectivity index (χ0v) is 10.2. The minimum absolute atomic E-state index is 0.795. The molecule has 2 aromatic heterocycles. The molecule has 0 N–H and O–H groups in total. The summed E-state index contributed by atoms with van der Waals surface area (Å²) in [6.07, 6.45) is 3.18.